The van der Waals surface area contributed by atoms with Crippen molar-refractivity contribution in [2.24, 2.45) is 0 Å². The lowest BCUT2D eigenvalue weighted by molar-refractivity contribution is -0.174. The van der Waals surface area contributed by atoms with Crippen molar-refractivity contribution in [3.05, 3.63) is 24.3 Å². The van der Waals surface area contributed by atoms with Crippen molar-refractivity contribution in [3.8, 4) is 5.75 Å². The van der Waals surface area contributed by atoms with E-state index in [-0.39, 0.29) is 12.4 Å². The molecule has 0 aliphatic carbocycles. The quantitative estimate of drug-likeness (QED) is 0.747. The summed E-state index contributed by atoms with van der Waals surface area (Å²) in [6, 6.07) is 3.81. The van der Waals surface area contributed by atoms with Gasteiger partial charge in [0, 0.05) is 5.69 Å². The summed E-state index contributed by atoms with van der Waals surface area (Å²) < 4.78 is 68.1. The van der Waals surface area contributed by atoms with Crippen LogP contribution in [0.2, 0.25) is 0 Å². The molecule has 0 unspecified atom stereocenters. The minimum atomic E-state index is -4.43. The number of nitrogens with one attached hydrogen (secondary N) is 2. The van der Waals surface area contributed by atoms with E-state index in [0.717, 1.165) is 0 Å². The fourth-order valence-corrected chi connectivity index (χ4v) is 1.50. The van der Waals surface area contributed by atoms with Crippen molar-refractivity contribution >= 4 is 11.7 Å². The Morgan fingerprint density at radius 1 is 1.22 bits per heavy atom. The lowest BCUT2D eigenvalue weighted by atomic mass is 10.3. The van der Waals surface area contributed by atoms with Crippen LogP contribution in [0.1, 0.15) is 6.92 Å². The van der Waals surface area contributed by atoms with E-state index in [0.29, 0.717) is 5.69 Å². The molecule has 1 rings (SSSR count). The third kappa shape index (κ3) is 8.81. The van der Waals surface area contributed by atoms with Crippen LogP contribution < -0.4 is 15.4 Å². The number of benzene rings is 1. The van der Waals surface area contributed by atoms with E-state index in [1.807, 2.05) is 0 Å². The SMILES string of the molecule is C[C@H](COCC(F)(F)F)NC(=O)Nc1ccc(OC(F)F)cc1. The van der Waals surface area contributed by atoms with Crippen LogP contribution in [0.25, 0.3) is 0 Å². The molecule has 2 amide bonds. The first-order valence-corrected chi connectivity index (χ1v) is 6.42. The summed E-state index contributed by atoms with van der Waals surface area (Å²) >= 11 is 0. The Morgan fingerprint density at radius 3 is 2.35 bits per heavy atom. The number of hydrogen-bond donors (Lipinski definition) is 2. The smallest absolute Gasteiger partial charge is 0.411 e. The van der Waals surface area contributed by atoms with Crippen molar-refractivity contribution in [2.45, 2.75) is 25.8 Å². The normalized spacial score (nSPS) is 12.8. The number of alkyl halides is 5. The molecule has 0 saturated carbocycles. The molecule has 23 heavy (non-hydrogen) atoms. The van der Waals surface area contributed by atoms with Gasteiger partial charge in [0.2, 0.25) is 0 Å². The lowest BCUT2D eigenvalue weighted by Crippen LogP contribution is -2.39. The van der Waals surface area contributed by atoms with Gasteiger partial charge in [-0.2, -0.15) is 22.0 Å². The number of carbonyl (C=O) groups is 1. The molecular formula is C13H15F5N2O3. The highest BCUT2D eigenvalue weighted by Crippen LogP contribution is 2.17. The topological polar surface area (TPSA) is 59.6 Å². The number of carbonyl (C=O) groups excluding carboxylic acids is 1. The minimum Gasteiger partial charge on any atom is -0.435 e. The largest absolute Gasteiger partial charge is 0.435 e. The fourth-order valence-electron chi connectivity index (χ4n) is 1.50. The molecule has 0 aliphatic rings. The van der Waals surface area contributed by atoms with Gasteiger partial charge in [0.15, 0.2) is 0 Å². The summed E-state index contributed by atoms with van der Waals surface area (Å²) in [6.45, 7) is -3.19. The number of anilines is 1. The molecule has 1 aromatic rings. The Hall–Kier alpha value is -2.10. The van der Waals surface area contributed by atoms with Gasteiger partial charge in [-0.25, -0.2) is 4.79 Å². The first kappa shape index (κ1) is 18.9. The summed E-state index contributed by atoms with van der Waals surface area (Å²) in [5, 5.41) is 4.76. The number of amides is 2. The second-order valence-corrected chi connectivity index (χ2v) is 4.53. The molecule has 0 spiro atoms. The second-order valence-electron chi connectivity index (χ2n) is 4.53. The summed E-state index contributed by atoms with van der Waals surface area (Å²) in [4.78, 5) is 11.6. The third-order valence-corrected chi connectivity index (χ3v) is 2.35. The Kier molecular flexibility index (Phi) is 7.01. The van der Waals surface area contributed by atoms with Gasteiger partial charge in [0.05, 0.1) is 12.6 Å². The lowest BCUT2D eigenvalue weighted by Gasteiger charge is -2.16. The average molecular weight is 342 g/mol. The van der Waals surface area contributed by atoms with Crippen LogP contribution in [-0.2, 0) is 4.74 Å². The fraction of sp³-hybridized carbons (Fsp3) is 0.462. The maximum atomic E-state index is 12.0. The Bertz CT molecular complexity index is 493. The molecule has 0 fully saturated rings. The van der Waals surface area contributed by atoms with Crippen molar-refractivity contribution in [2.75, 3.05) is 18.5 Å². The van der Waals surface area contributed by atoms with Gasteiger partial charge >= 0.3 is 18.8 Å². The van der Waals surface area contributed by atoms with Gasteiger partial charge in [-0.15, -0.1) is 0 Å². The van der Waals surface area contributed by atoms with Crippen molar-refractivity contribution in [1.29, 1.82) is 0 Å². The molecule has 0 aromatic heterocycles. The van der Waals surface area contributed by atoms with Crippen LogP contribution in [0, 0.1) is 0 Å². The summed E-state index contributed by atoms with van der Waals surface area (Å²) in [5.74, 6) is -0.0696. The second kappa shape index (κ2) is 8.51. The predicted molar refractivity (Wildman–Crippen MR) is 71.6 cm³/mol. The van der Waals surface area contributed by atoms with E-state index in [2.05, 4.69) is 20.1 Å². The highest BCUT2D eigenvalue weighted by Gasteiger charge is 2.27. The van der Waals surface area contributed by atoms with Gasteiger partial charge in [0.25, 0.3) is 0 Å². The Labute approximate surface area is 128 Å². The van der Waals surface area contributed by atoms with Crippen LogP contribution in [0.4, 0.5) is 32.4 Å². The first-order valence-electron chi connectivity index (χ1n) is 6.42. The van der Waals surface area contributed by atoms with Crippen molar-refractivity contribution in [3.63, 3.8) is 0 Å². The van der Waals surface area contributed by atoms with Crippen LogP contribution in [0.3, 0.4) is 0 Å². The van der Waals surface area contributed by atoms with Gasteiger partial charge in [-0.1, -0.05) is 0 Å². The van der Waals surface area contributed by atoms with E-state index < -0.39 is 31.5 Å². The molecule has 1 atom stereocenters. The molecule has 10 heteroatoms. The Balaban J connectivity index is 2.35. The van der Waals surface area contributed by atoms with Gasteiger partial charge < -0.3 is 20.1 Å². The molecule has 2 N–H and O–H groups in total. The number of rotatable bonds is 7. The zero-order chi connectivity index (χ0) is 17.5. The molecule has 0 saturated heterocycles. The maximum absolute atomic E-state index is 12.0. The van der Waals surface area contributed by atoms with E-state index in [4.69, 9.17) is 0 Å². The molecule has 1 aromatic carbocycles. The number of halogens is 5. The summed E-state index contributed by atoms with van der Waals surface area (Å²) in [6.07, 6.45) is -4.43. The van der Waals surface area contributed by atoms with Crippen LogP contribution in [-0.4, -0.2) is 38.1 Å². The molecule has 5 nitrogen and oxygen atoms in total. The number of urea groups is 1. The molecule has 0 aliphatic heterocycles. The number of hydrogen-bond acceptors (Lipinski definition) is 3. The van der Waals surface area contributed by atoms with Crippen LogP contribution in [0.5, 0.6) is 5.75 Å². The zero-order valence-electron chi connectivity index (χ0n) is 12.0. The highest BCUT2D eigenvalue weighted by molar-refractivity contribution is 5.89. The number of ether oxygens (including phenoxy) is 2. The highest BCUT2D eigenvalue weighted by atomic mass is 19.4. The van der Waals surface area contributed by atoms with Gasteiger partial charge in [-0.05, 0) is 31.2 Å². The van der Waals surface area contributed by atoms with Gasteiger partial charge in [-0.3, -0.25) is 0 Å². The summed E-state index contributed by atoms with van der Waals surface area (Å²) in [5.41, 5.74) is 0.299. The third-order valence-electron chi connectivity index (χ3n) is 2.35. The van der Waals surface area contributed by atoms with Gasteiger partial charge in [0.1, 0.15) is 12.4 Å². The molecule has 0 heterocycles. The minimum absolute atomic E-state index is 0.0696. The van der Waals surface area contributed by atoms with Crippen molar-refractivity contribution in [1.82, 2.24) is 5.32 Å². The average Bonchev–Trinajstić information content (AvgIpc) is 2.38. The zero-order valence-corrected chi connectivity index (χ0v) is 12.0. The van der Waals surface area contributed by atoms with E-state index in [1.54, 1.807) is 0 Å². The summed E-state index contributed by atoms with van der Waals surface area (Å²) in [7, 11) is 0. The molecule has 0 bridgehead atoms. The Morgan fingerprint density at radius 2 is 1.83 bits per heavy atom. The van der Waals surface area contributed by atoms with E-state index >= 15 is 0 Å². The van der Waals surface area contributed by atoms with Crippen LogP contribution in [0.15, 0.2) is 24.3 Å². The molecule has 0 radical (unpaired) electrons. The van der Waals surface area contributed by atoms with Crippen LogP contribution >= 0.6 is 0 Å². The monoisotopic (exact) mass is 342 g/mol. The molecule has 130 valence electrons. The predicted octanol–water partition coefficient (Wildman–Crippen LogP) is 3.38. The molecular weight excluding hydrogens is 327 g/mol. The standard InChI is InChI=1S/C13H15F5N2O3/c1-8(6-22-7-13(16,17)18)19-12(21)20-9-2-4-10(5-3-9)23-11(14)15/h2-5,8,11H,6-7H2,1H3,(H2,19,20,21)/t8-/m1/s1. The van der Waals surface area contributed by atoms with E-state index in [9.17, 15) is 26.7 Å². The van der Waals surface area contributed by atoms with Crippen molar-refractivity contribution < 1.29 is 36.2 Å². The van der Waals surface area contributed by atoms with E-state index in [1.165, 1.54) is 31.2 Å². The maximum Gasteiger partial charge on any atom is 0.411 e. The first-order chi connectivity index (χ1) is 10.7.